The Hall–Kier alpha value is -0.870. The van der Waals surface area contributed by atoms with E-state index >= 15 is 0 Å². The lowest BCUT2D eigenvalue weighted by Gasteiger charge is -2.05. The van der Waals surface area contributed by atoms with Gasteiger partial charge >= 0.3 is 0 Å². The van der Waals surface area contributed by atoms with Crippen LogP contribution in [0.2, 0.25) is 5.15 Å². The van der Waals surface area contributed by atoms with Gasteiger partial charge in [0, 0.05) is 6.61 Å². The van der Waals surface area contributed by atoms with Crippen LogP contribution in [0.15, 0.2) is 12.4 Å². The second-order valence-corrected chi connectivity index (χ2v) is 3.38. The molecule has 5 heteroatoms. The van der Waals surface area contributed by atoms with E-state index in [1.165, 1.54) is 12.4 Å². The zero-order valence-corrected chi connectivity index (χ0v) is 9.54. The number of rotatable bonds is 7. The molecule has 0 radical (unpaired) electrons. The third-order valence-electron chi connectivity index (χ3n) is 1.70. The lowest BCUT2D eigenvalue weighted by atomic mass is 10.4. The highest BCUT2D eigenvalue weighted by atomic mass is 35.5. The molecule has 0 saturated heterocycles. The van der Waals surface area contributed by atoms with E-state index in [2.05, 4.69) is 16.9 Å². The summed E-state index contributed by atoms with van der Waals surface area (Å²) in [6.07, 6.45) is 5.21. The van der Waals surface area contributed by atoms with Crippen molar-refractivity contribution in [2.75, 3.05) is 19.8 Å². The fourth-order valence-electron chi connectivity index (χ4n) is 0.949. The van der Waals surface area contributed by atoms with Gasteiger partial charge < -0.3 is 9.47 Å². The summed E-state index contributed by atoms with van der Waals surface area (Å²) in [5, 5.41) is 0.333. The first-order valence-corrected chi connectivity index (χ1v) is 5.39. The zero-order chi connectivity index (χ0) is 10.9. The Morgan fingerprint density at radius 3 is 2.87 bits per heavy atom. The Balaban J connectivity index is 2.10. The normalized spacial score (nSPS) is 10.3. The smallest absolute Gasteiger partial charge is 0.233 e. The second-order valence-electron chi connectivity index (χ2n) is 2.99. The van der Waals surface area contributed by atoms with Crippen molar-refractivity contribution >= 4 is 11.6 Å². The summed E-state index contributed by atoms with van der Waals surface area (Å²) in [7, 11) is 0. The average molecular weight is 231 g/mol. The first-order chi connectivity index (χ1) is 7.33. The number of nitrogens with zero attached hydrogens (tertiary/aromatic N) is 2. The first-order valence-electron chi connectivity index (χ1n) is 5.01. The van der Waals surface area contributed by atoms with Gasteiger partial charge in [0.2, 0.25) is 5.88 Å². The van der Waals surface area contributed by atoms with E-state index in [0.29, 0.717) is 24.2 Å². The summed E-state index contributed by atoms with van der Waals surface area (Å²) in [5.41, 5.74) is 0. The fraction of sp³-hybridized carbons (Fsp3) is 0.600. The first kappa shape index (κ1) is 12.2. The third-order valence-corrected chi connectivity index (χ3v) is 1.88. The third kappa shape index (κ3) is 5.54. The number of hydrogen-bond acceptors (Lipinski definition) is 4. The van der Waals surface area contributed by atoms with Gasteiger partial charge in [-0.1, -0.05) is 24.9 Å². The molecule has 4 nitrogen and oxygen atoms in total. The van der Waals surface area contributed by atoms with Crippen LogP contribution in [0.3, 0.4) is 0 Å². The van der Waals surface area contributed by atoms with Crippen LogP contribution in [-0.4, -0.2) is 29.8 Å². The number of halogens is 1. The molecule has 0 fully saturated rings. The quantitative estimate of drug-likeness (QED) is 0.675. The van der Waals surface area contributed by atoms with Gasteiger partial charge in [0.05, 0.1) is 19.0 Å². The molecule has 0 spiro atoms. The highest BCUT2D eigenvalue weighted by Crippen LogP contribution is 2.08. The number of ether oxygens (including phenoxy) is 2. The van der Waals surface area contributed by atoms with Crippen LogP contribution in [-0.2, 0) is 4.74 Å². The van der Waals surface area contributed by atoms with Crippen LogP contribution in [0.4, 0.5) is 0 Å². The summed E-state index contributed by atoms with van der Waals surface area (Å²) >= 11 is 5.64. The molecule has 1 aromatic heterocycles. The predicted molar refractivity (Wildman–Crippen MR) is 58.3 cm³/mol. The van der Waals surface area contributed by atoms with Gasteiger partial charge in [0.25, 0.3) is 0 Å². The van der Waals surface area contributed by atoms with Crippen LogP contribution in [0.1, 0.15) is 19.8 Å². The van der Waals surface area contributed by atoms with Crippen molar-refractivity contribution in [1.82, 2.24) is 9.97 Å². The topological polar surface area (TPSA) is 44.2 Å². The van der Waals surface area contributed by atoms with E-state index in [1.54, 1.807) is 0 Å². The summed E-state index contributed by atoms with van der Waals surface area (Å²) < 4.78 is 10.6. The largest absolute Gasteiger partial charge is 0.474 e. The Bertz CT molecular complexity index is 284. The van der Waals surface area contributed by atoms with Gasteiger partial charge in [-0.05, 0) is 6.42 Å². The maximum absolute atomic E-state index is 5.64. The average Bonchev–Trinajstić information content (AvgIpc) is 2.23. The van der Waals surface area contributed by atoms with Crippen LogP contribution in [0, 0.1) is 0 Å². The summed E-state index contributed by atoms with van der Waals surface area (Å²) in [5.74, 6) is 0.432. The molecule has 0 bridgehead atoms. The molecular weight excluding hydrogens is 216 g/mol. The van der Waals surface area contributed by atoms with Gasteiger partial charge in [-0.2, -0.15) is 4.98 Å². The number of unbranched alkanes of at least 4 members (excludes halogenated alkanes) is 1. The molecule has 0 saturated carbocycles. The van der Waals surface area contributed by atoms with Crippen molar-refractivity contribution in [3.05, 3.63) is 17.5 Å². The van der Waals surface area contributed by atoms with Crippen molar-refractivity contribution in [1.29, 1.82) is 0 Å². The lowest BCUT2D eigenvalue weighted by Crippen LogP contribution is -2.08. The van der Waals surface area contributed by atoms with Crippen molar-refractivity contribution in [2.45, 2.75) is 19.8 Å². The molecule has 0 atom stereocenters. The molecule has 0 aliphatic heterocycles. The van der Waals surface area contributed by atoms with Gasteiger partial charge in [-0.3, -0.25) is 4.98 Å². The lowest BCUT2D eigenvalue weighted by molar-refractivity contribution is 0.0964. The number of hydrogen-bond donors (Lipinski definition) is 0. The molecule has 0 amide bonds. The van der Waals surface area contributed by atoms with Crippen molar-refractivity contribution in [2.24, 2.45) is 0 Å². The van der Waals surface area contributed by atoms with Crippen LogP contribution in [0.5, 0.6) is 5.88 Å². The highest BCUT2D eigenvalue weighted by Gasteiger charge is 1.97. The Labute approximate surface area is 94.6 Å². The van der Waals surface area contributed by atoms with Crippen molar-refractivity contribution in [3.8, 4) is 5.88 Å². The van der Waals surface area contributed by atoms with E-state index in [9.17, 15) is 0 Å². The Morgan fingerprint density at radius 2 is 2.13 bits per heavy atom. The Morgan fingerprint density at radius 1 is 1.27 bits per heavy atom. The standard InChI is InChI=1S/C10H15ClN2O2/c1-2-3-4-14-5-6-15-10-8-12-7-9(11)13-10/h7-8H,2-6H2,1H3. The molecule has 0 aliphatic carbocycles. The molecule has 1 rings (SSSR count). The minimum absolute atomic E-state index is 0.333. The van der Waals surface area contributed by atoms with Crippen LogP contribution >= 0.6 is 11.6 Å². The molecule has 84 valence electrons. The van der Waals surface area contributed by atoms with Gasteiger partial charge in [-0.15, -0.1) is 0 Å². The van der Waals surface area contributed by atoms with E-state index in [-0.39, 0.29) is 0 Å². The summed E-state index contributed by atoms with van der Waals surface area (Å²) in [6, 6.07) is 0. The highest BCUT2D eigenvalue weighted by molar-refractivity contribution is 6.29. The monoisotopic (exact) mass is 230 g/mol. The molecule has 0 aromatic carbocycles. The maximum atomic E-state index is 5.64. The van der Waals surface area contributed by atoms with E-state index in [1.807, 2.05) is 0 Å². The van der Waals surface area contributed by atoms with Gasteiger partial charge in [0.1, 0.15) is 6.61 Å². The van der Waals surface area contributed by atoms with Crippen LogP contribution in [0.25, 0.3) is 0 Å². The van der Waals surface area contributed by atoms with E-state index in [4.69, 9.17) is 21.1 Å². The van der Waals surface area contributed by atoms with Crippen LogP contribution < -0.4 is 4.74 Å². The fourth-order valence-corrected chi connectivity index (χ4v) is 1.09. The van der Waals surface area contributed by atoms with E-state index in [0.717, 1.165) is 19.4 Å². The van der Waals surface area contributed by atoms with E-state index < -0.39 is 0 Å². The van der Waals surface area contributed by atoms with Gasteiger partial charge in [0.15, 0.2) is 5.15 Å². The summed E-state index contributed by atoms with van der Waals surface area (Å²) in [4.78, 5) is 7.78. The molecule has 1 aromatic rings. The van der Waals surface area contributed by atoms with Crippen molar-refractivity contribution < 1.29 is 9.47 Å². The second kappa shape index (κ2) is 7.43. The minimum Gasteiger partial charge on any atom is -0.474 e. The Kier molecular flexibility index (Phi) is 6.04. The molecular formula is C10H15ClN2O2. The molecule has 0 unspecified atom stereocenters. The van der Waals surface area contributed by atoms with Gasteiger partial charge in [-0.25, -0.2) is 0 Å². The minimum atomic E-state index is 0.333. The zero-order valence-electron chi connectivity index (χ0n) is 8.78. The molecule has 0 N–H and O–H groups in total. The molecule has 1 heterocycles. The molecule has 0 aliphatic rings. The predicted octanol–water partition coefficient (Wildman–Crippen LogP) is 2.33. The number of aromatic nitrogens is 2. The van der Waals surface area contributed by atoms with Crippen molar-refractivity contribution in [3.63, 3.8) is 0 Å². The maximum Gasteiger partial charge on any atom is 0.233 e. The summed E-state index contributed by atoms with van der Waals surface area (Å²) in [6.45, 7) is 3.94. The SMILES string of the molecule is CCCCOCCOc1cncc(Cl)n1. The molecule has 15 heavy (non-hydrogen) atoms.